The predicted molar refractivity (Wildman–Crippen MR) is 133 cm³/mol. The number of alkyl halides is 3. The normalized spacial score (nSPS) is 11.8. The number of benzene rings is 5. The first-order chi connectivity index (χ1) is 16.0. The third-order valence-electron chi connectivity index (χ3n) is 5.67. The Labute approximate surface area is 192 Å². The Morgan fingerprint density at radius 1 is 0.515 bits per heavy atom. The molecule has 0 heterocycles. The van der Waals surface area contributed by atoms with Gasteiger partial charge in [0, 0.05) is 0 Å². The maximum absolute atomic E-state index is 13.8. The quantitative estimate of drug-likeness (QED) is 0.249. The van der Waals surface area contributed by atoms with Gasteiger partial charge in [0.25, 0.3) is 0 Å². The van der Waals surface area contributed by atoms with Crippen molar-refractivity contribution in [2.45, 2.75) is 6.18 Å². The van der Waals surface area contributed by atoms with Crippen molar-refractivity contribution in [3.63, 3.8) is 0 Å². The van der Waals surface area contributed by atoms with Crippen molar-refractivity contribution in [1.82, 2.24) is 0 Å². The molecule has 0 spiro atoms. The SMILES string of the molecule is FC(F)(F)c1ccc(P(c2ccccc2)c2ccccc2)c(-c2cccc3ccccc23)c1. The van der Waals surface area contributed by atoms with E-state index in [-0.39, 0.29) is 0 Å². The van der Waals surface area contributed by atoms with Crippen LogP contribution in [0.2, 0.25) is 0 Å². The summed E-state index contributed by atoms with van der Waals surface area (Å²) in [6.45, 7) is 0. The van der Waals surface area contributed by atoms with Gasteiger partial charge < -0.3 is 0 Å². The Kier molecular flexibility index (Phi) is 5.74. The molecule has 0 nitrogen and oxygen atoms in total. The fourth-order valence-corrected chi connectivity index (χ4v) is 6.61. The van der Waals surface area contributed by atoms with E-state index in [0.717, 1.165) is 32.2 Å². The molecule has 0 saturated heterocycles. The molecule has 5 rings (SSSR count). The van der Waals surface area contributed by atoms with Crippen molar-refractivity contribution in [3.8, 4) is 11.1 Å². The highest BCUT2D eigenvalue weighted by molar-refractivity contribution is 7.80. The molecule has 0 fully saturated rings. The fourth-order valence-electron chi connectivity index (χ4n) is 4.16. The van der Waals surface area contributed by atoms with E-state index in [1.54, 1.807) is 6.07 Å². The van der Waals surface area contributed by atoms with Gasteiger partial charge in [-0.2, -0.15) is 13.2 Å². The van der Waals surface area contributed by atoms with Crippen LogP contribution in [0.15, 0.2) is 121 Å². The predicted octanol–water partition coefficient (Wildman–Crippen LogP) is 7.28. The van der Waals surface area contributed by atoms with Gasteiger partial charge in [-0.25, -0.2) is 0 Å². The lowest BCUT2D eigenvalue weighted by Crippen LogP contribution is -2.23. The van der Waals surface area contributed by atoms with Crippen molar-refractivity contribution in [2.75, 3.05) is 0 Å². The lowest BCUT2D eigenvalue weighted by atomic mass is 9.97. The van der Waals surface area contributed by atoms with Crippen LogP contribution >= 0.6 is 7.92 Å². The Morgan fingerprint density at radius 3 is 1.73 bits per heavy atom. The summed E-state index contributed by atoms with van der Waals surface area (Å²) < 4.78 is 41.3. The third kappa shape index (κ3) is 4.29. The van der Waals surface area contributed by atoms with E-state index in [2.05, 4.69) is 24.3 Å². The molecular formula is C29H20F3P. The molecular weight excluding hydrogens is 436 g/mol. The zero-order chi connectivity index (χ0) is 22.8. The molecule has 0 unspecified atom stereocenters. The summed E-state index contributed by atoms with van der Waals surface area (Å²) in [5, 5.41) is 5.05. The lowest BCUT2D eigenvalue weighted by molar-refractivity contribution is -0.137. The van der Waals surface area contributed by atoms with Gasteiger partial charge in [0.1, 0.15) is 0 Å². The van der Waals surface area contributed by atoms with Crippen LogP contribution in [0.3, 0.4) is 0 Å². The van der Waals surface area contributed by atoms with Crippen molar-refractivity contribution >= 4 is 34.6 Å². The fraction of sp³-hybridized carbons (Fsp3) is 0.0345. The van der Waals surface area contributed by atoms with Crippen LogP contribution in [0.4, 0.5) is 13.2 Å². The molecule has 0 atom stereocenters. The topological polar surface area (TPSA) is 0 Å². The maximum Gasteiger partial charge on any atom is 0.416 e. The number of halogens is 3. The molecule has 0 aliphatic carbocycles. The Hall–Kier alpha value is -3.42. The minimum atomic E-state index is -4.42. The highest BCUT2D eigenvalue weighted by Crippen LogP contribution is 2.41. The van der Waals surface area contributed by atoms with Crippen LogP contribution in [0.1, 0.15) is 5.56 Å². The van der Waals surface area contributed by atoms with Gasteiger partial charge in [0.05, 0.1) is 5.56 Å². The summed E-state index contributed by atoms with van der Waals surface area (Å²) in [7, 11) is -1.06. The Bertz CT molecular complexity index is 1350. The minimum Gasteiger partial charge on any atom is -0.166 e. The summed E-state index contributed by atoms with van der Waals surface area (Å²) in [4.78, 5) is 0. The van der Waals surface area contributed by atoms with Crippen LogP contribution in [0.25, 0.3) is 21.9 Å². The summed E-state index contributed by atoms with van der Waals surface area (Å²) in [5.74, 6) is 0. The van der Waals surface area contributed by atoms with E-state index >= 15 is 0 Å². The lowest BCUT2D eigenvalue weighted by Gasteiger charge is -2.24. The van der Waals surface area contributed by atoms with Gasteiger partial charge in [-0.05, 0) is 57.9 Å². The van der Waals surface area contributed by atoms with E-state index < -0.39 is 19.7 Å². The number of fused-ring (bicyclic) bond motifs is 1. The highest BCUT2D eigenvalue weighted by atomic mass is 31.1. The van der Waals surface area contributed by atoms with Crippen LogP contribution in [0.5, 0.6) is 0 Å². The molecule has 162 valence electrons. The summed E-state index contributed by atoms with van der Waals surface area (Å²) in [6.07, 6.45) is -4.42. The standard InChI is InChI=1S/C29H20F3P/c30-29(31,32)22-18-19-28(27(20-22)26-17-9-11-21-10-7-8-16-25(21)26)33(23-12-3-1-4-13-23)24-14-5-2-6-15-24/h1-20H. The van der Waals surface area contributed by atoms with E-state index in [0.29, 0.717) is 5.56 Å². The summed E-state index contributed by atoms with van der Waals surface area (Å²) in [5.41, 5.74) is 0.805. The largest absolute Gasteiger partial charge is 0.416 e. The first-order valence-corrected chi connectivity index (χ1v) is 12.0. The molecule has 0 saturated carbocycles. The molecule has 33 heavy (non-hydrogen) atoms. The Balaban J connectivity index is 1.83. The second-order valence-corrected chi connectivity index (χ2v) is 9.95. The first kappa shape index (κ1) is 21.4. The van der Waals surface area contributed by atoms with E-state index in [1.165, 1.54) is 12.1 Å². The monoisotopic (exact) mass is 456 g/mol. The number of hydrogen-bond donors (Lipinski definition) is 0. The smallest absolute Gasteiger partial charge is 0.166 e. The van der Waals surface area contributed by atoms with Crippen molar-refractivity contribution in [2.24, 2.45) is 0 Å². The van der Waals surface area contributed by atoms with Gasteiger partial charge in [0.2, 0.25) is 0 Å². The number of rotatable bonds is 4. The molecule has 0 amide bonds. The molecule has 0 aromatic heterocycles. The minimum absolute atomic E-state index is 0.625. The number of hydrogen-bond acceptors (Lipinski definition) is 0. The van der Waals surface area contributed by atoms with Crippen LogP contribution < -0.4 is 15.9 Å². The van der Waals surface area contributed by atoms with Crippen LogP contribution in [0, 0.1) is 0 Å². The molecule has 0 bridgehead atoms. The van der Waals surface area contributed by atoms with Gasteiger partial charge in [0.15, 0.2) is 0 Å². The molecule has 0 aliphatic rings. The van der Waals surface area contributed by atoms with Gasteiger partial charge in [-0.1, -0.05) is 109 Å². The van der Waals surface area contributed by atoms with Crippen molar-refractivity contribution < 1.29 is 13.2 Å². The van der Waals surface area contributed by atoms with E-state index in [1.807, 2.05) is 78.9 Å². The zero-order valence-corrected chi connectivity index (χ0v) is 18.5. The third-order valence-corrected chi connectivity index (χ3v) is 8.17. The van der Waals surface area contributed by atoms with Gasteiger partial charge in [-0.3, -0.25) is 0 Å². The average molecular weight is 456 g/mol. The molecule has 5 aromatic rings. The first-order valence-electron chi connectivity index (χ1n) is 10.6. The average Bonchev–Trinajstić information content (AvgIpc) is 2.85. The highest BCUT2D eigenvalue weighted by Gasteiger charge is 2.32. The Morgan fingerprint density at radius 2 is 1.09 bits per heavy atom. The second kappa shape index (κ2) is 8.84. The van der Waals surface area contributed by atoms with Crippen LogP contribution in [-0.4, -0.2) is 0 Å². The molecule has 0 aliphatic heterocycles. The van der Waals surface area contributed by atoms with E-state index in [4.69, 9.17) is 0 Å². The zero-order valence-electron chi connectivity index (χ0n) is 17.6. The van der Waals surface area contributed by atoms with Gasteiger partial charge >= 0.3 is 6.18 Å². The molecule has 0 radical (unpaired) electrons. The molecule has 5 aromatic carbocycles. The van der Waals surface area contributed by atoms with Gasteiger partial charge in [-0.15, -0.1) is 0 Å². The molecule has 4 heteroatoms. The summed E-state index contributed by atoms with van der Waals surface area (Å²) in [6, 6.07) is 37.9. The maximum atomic E-state index is 13.8. The van der Waals surface area contributed by atoms with Crippen molar-refractivity contribution in [1.29, 1.82) is 0 Å². The van der Waals surface area contributed by atoms with Crippen LogP contribution in [-0.2, 0) is 6.18 Å². The summed E-state index contributed by atoms with van der Waals surface area (Å²) >= 11 is 0. The molecule has 0 N–H and O–H groups in total. The van der Waals surface area contributed by atoms with Crippen molar-refractivity contribution in [3.05, 3.63) is 127 Å². The van der Waals surface area contributed by atoms with E-state index in [9.17, 15) is 13.2 Å². The second-order valence-electron chi connectivity index (χ2n) is 7.76.